The maximum Gasteiger partial charge on any atom is 0.225 e. The van der Waals surface area contributed by atoms with Gasteiger partial charge in [0, 0.05) is 36.5 Å². The summed E-state index contributed by atoms with van der Waals surface area (Å²) in [4.78, 5) is 15.9. The molecule has 2 heterocycles. The summed E-state index contributed by atoms with van der Waals surface area (Å²) in [5.74, 6) is 0.152. The Morgan fingerprint density at radius 1 is 1.28 bits per heavy atom. The first-order valence-corrected chi connectivity index (χ1v) is 9.45. The summed E-state index contributed by atoms with van der Waals surface area (Å²) >= 11 is 0. The van der Waals surface area contributed by atoms with Crippen LogP contribution in [0.5, 0.6) is 0 Å². The summed E-state index contributed by atoms with van der Waals surface area (Å²) in [7, 11) is 0. The molecule has 29 heavy (non-hydrogen) atoms. The van der Waals surface area contributed by atoms with E-state index in [-0.39, 0.29) is 11.5 Å². The largest absolute Gasteiger partial charge is 0.311 e. The zero-order valence-corrected chi connectivity index (χ0v) is 16.6. The van der Waals surface area contributed by atoms with E-state index in [2.05, 4.69) is 29.2 Å². The van der Waals surface area contributed by atoms with Gasteiger partial charge < -0.3 is 5.32 Å². The van der Waals surface area contributed by atoms with Crippen LogP contribution >= 0.6 is 0 Å². The molecule has 0 saturated carbocycles. The molecule has 0 atom stereocenters. The molecule has 0 fully saturated rings. The molecule has 2 aromatic heterocycles. The quantitative estimate of drug-likeness (QED) is 0.664. The SMILES string of the molecule is CCC(=O)Nc1cc(-c2cn(CC(C)C)nc2-c2ccc(F)c(C#N)c2)ccn1. The summed E-state index contributed by atoms with van der Waals surface area (Å²) in [5.41, 5.74) is 2.89. The second-order valence-electron chi connectivity index (χ2n) is 7.15. The monoisotopic (exact) mass is 391 g/mol. The van der Waals surface area contributed by atoms with Crippen molar-refractivity contribution >= 4 is 11.7 Å². The molecule has 6 nitrogen and oxygen atoms in total. The van der Waals surface area contributed by atoms with Crippen molar-refractivity contribution in [1.29, 1.82) is 5.26 Å². The van der Waals surface area contributed by atoms with Crippen LogP contribution in [0.2, 0.25) is 0 Å². The van der Waals surface area contributed by atoms with Gasteiger partial charge in [-0.1, -0.05) is 20.8 Å². The first kappa shape index (κ1) is 20.2. The number of amides is 1. The molecule has 0 spiro atoms. The third-order valence-electron chi connectivity index (χ3n) is 4.33. The number of benzene rings is 1. The Morgan fingerprint density at radius 2 is 2.07 bits per heavy atom. The molecule has 148 valence electrons. The topological polar surface area (TPSA) is 83.6 Å². The lowest BCUT2D eigenvalue weighted by Gasteiger charge is -2.07. The molecular weight excluding hydrogens is 369 g/mol. The molecule has 0 radical (unpaired) electrons. The number of hydrogen-bond donors (Lipinski definition) is 1. The van der Waals surface area contributed by atoms with Gasteiger partial charge in [0.05, 0.1) is 5.56 Å². The lowest BCUT2D eigenvalue weighted by Crippen LogP contribution is -2.10. The van der Waals surface area contributed by atoms with Gasteiger partial charge in [-0.25, -0.2) is 9.37 Å². The minimum Gasteiger partial charge on any atom is -0.311 e. The Bertz CT molecular complexity index is 1080. The van der Waals surface area contributed by atoms with E-state index in [1.165, 1.54) is 12.1 Å². The maximum atomic E-state index is 13.8. The van der Waals surface area contributed by atoms with Gasteiger partial charge >= 0.3 is 0 Å². The Balaban J connectivity index is 2.11. The minimum absolute atomic E-state index is 0.0301. The van der Waals surface area contributed by atoms with Gasteiger partial charge in [0.1, 0.15) is 23.4 Å². The van der Waals surface area contributed by atoms with E-state index in [4.69, 9.17) is 0 Å². The number of pyridine rings is 1. The van der Waals surface area contributed by atoms with Crippen LogP contribution in [0.15, 0.2) is 42.7 Å². The highest BCUT2D eigenvalue weighted by atomic mass is 19.1. The van der Waals surface area contributed by atoms with E-state index in [1.807, 2.05) is 23.0 Å². The highest BCUT2D eigenvalue weighted by molar-refractivity contribution is 5.90. The normalized spacial score (nSPS) is 10.8. The molecule has 0 saturated heterocycles. The van der Waals surface area contributed by atoms with Gasteiger partial charge in [0.2, 0.25) is 5.91 Å². The molecule has 1 N–H and O–H groups in total. The maximum absolute atomic E-state index is 13.8. The van der Waals surface area contributed by atoms with Crippen molar-refractivity contribution in [1.82, 2.24) is 14.8 Å². The number of anilines is 1. The van der Waals surface area contributed by atoms with Gasteiger partial charge in [0.15, 0.2) is 0 Å². The summed E-state index contributed by atoms with van der Waals surface area (Å²) in [6.07, 6.45) is 3.90. The number of carbonyl (C=O) groups excluding carboxylic acids is 1. The van der Waals surface area contributed by atoms with E-state index < -0.39 is 5.82 Å². The van der Waals surface area contributed by atoms with Gasteiger partial charge in [-0.05, 0) is 41.8 Å². The average molecular weight is 391 g/mol. The molecule has 0 unspecified atom stereocenters. The van der Waals surface area contributed by atoms with Crippen molar-refractivity contribution in [3.63, 3.8) is 0 Å². The molecule has 0 aliphatic heterocycles. The zero-order valence-electron chi connectivity index (χ0n) is 16.6. The second kappa shape index (κ2) is 8.65. The minimum atomic E-state index is -0.562. The van der Waals surface area contributed by atoms with Crippen molar-refractivity contribution in [3.05, 3.63) is 54.1 Å². The fraction of sp³-hybridized carbons (Fsp3) is 0.273. The van der Waals surface area contributed by atoms with Gasteiger partial charge in [0.25, 0.3) is 0 Å². The second-order valence-corrected chi connectivity index (χ2v) is 7.15. The van der Waals surface area contributed by atoms with E-state index >= 15 is 0 Å². The number of nitrogens with zero attached hydrogens (tertiary/aromatic N) is 4. The molecule has 1 amide bonds. The Hall–Kier alpha value is -3.53. The van der Waals surface area contributed by atoms with Crippen LogP contribution in [0.1, 0.15) is 32.8 Å². The zero-order chi connectivity index (χ0) is 21.0. The van der Waals surface area contributed by atoms with Crippen LogP contribution in [-0.2, 0) is 11.3 Å². The highest BCUT2D eigenvalue weighted by Gasteiger charge is 2.16. The molecular formula is C22H22FN5O. The lowest BCUT2D eigenvalue weighted by atomic mass is 10.0. The molecule has 1 aromatic carbocycles. The third kappa shape index (κ3) is 4.66. The summed E-state index contributed by atoms with van der Waals surface area (Å²) in [6, 6.07) is 9.88. The van der Waals surface area contributed by atoms with Gasteiger partial charge in [-0.3, -0.25) is 9.48 Å². The first-order valence-electron chi connectivity index (χ1n) is 9.45. The van der Waals surface area contributed by atoms with E-state index in [0.29, 0.717) is 36.0 Å². The Morgan fingerprint density at radius 3 is 2.76 bits per heavy atom. The van der Waals surface area contributed by atoms with Crippen molar-refractivity contribution in [3.8, 4) is 28.5 Å². The van der Waals surface area contributed by atoms with Crippen molar-refractivity contribution < 1.29 is 9.18 Å². The number of nitriles is 1. The van der Waals surface area contributed by atoms with Crippen LogP contribution in [0.4, 0.5) is 10.2 Å². The molecule has 7 heteroatoms. The summed E-state index contributed by atoms with van der Waals surface area (Å²) in [6.45, 7) is 6.67. The number of carbonyl (C=O) groups is 1. The Labute approximate surface area is 169 Å². The number of halogens is 1. The third-order valence-corrected chi connectivity index (χ3v) is 4.33. The predicted octanol–water partition coefficient (Wildman–Crippen LogP) is 4.63. The van der Waals surface area contributed by atoms with Crippen molar-refractivity contribution in [2.45, 2.75) is 33.7 Å². The molecule has 3 aromatic rings. The van der Waals surface area contributed by atoms with Crippen LogP contribution in [0, 0.1) is 23.1 Å². The molecule has 0 bridgehead atoms. The number of hydrogen-bond acceptors (Lipinski definition) is 4. The smallest absolute Gasteiger partial charge is 0.225 e. The fourth-order valence-electron chi connectivity index (χ4n) is 2.97. The standard InChI is InChI=1S/C22H22FN5O/c1-4-21(29)26-20-10-15(7-8-25-20)18-13-28(12-14(2)3)27-22(18)16-5-6-19(23)17(9-16)11-24/h5-10,13-14H,4,12H2,1-3H3,(H,25,26,29). The van der Waals surface area contributed by atoms with Crippen LogP contribution in [0.3, 0.4) is 0 Å². The van der Waals surface area contributed by atoms with Gasteiger partial charge in [-0.15, -0.1) is 0 Å². The predicted molar refractivity (Wildman–Crippen MR) is 109 cm³/mol. The lowest BCUT2D eigenvalue weighted by molar-refractivity contribution is -0.115. The van der Waals surface area contributed by atoms with E-state index in [1.54, 1.807) is 25.3 Å². The van der Waals surface area contributed by atoms with E-state index in [0.717, 1.165) is 11.1 Å². The van der Waals surface area contributed by atoms with Crippen LogP contribution < -0.4 is 5.32 Å². The van der Waals surface area contributed by atoms with Gasteiger partial charge in [-0.2, -0.15) is 10.4 Å². The Kier molecular flexibility index (Phi) is 6.03. The van der Waals surface area contributed by atoms with Crippen LogP contribution in [-0.4, -0.2) is 20.7 Å². The number of aromatic nitrogens is 3. The first-order chi connectivity index (χ1) is 13.9. The number of rotatable bonds is 6. The molecule has 0 aliphatic rings. The fourth-order valence-corrected chi connectivity index (χ4v) is 2.97. The van der Waals surface area contributed by atoms with Crippen LogP contribution in [0.25, 0.3) is 22.4 Å². The number of nitrogens with one attached hydrogen (secondary N) is 1. The molecule has 3 rings (SSSR count). The summed E-state index contributed by atoms with van der Waals surface area (Å²) in [5, 5.41) is 16.6. The van der Waals surface area contributed by atoms with Crippen molar-refractivity contribution in [2.24, 2.45) is 5.92 Å². The van der Waals surface area contributed by atoms with Crippen molar-refractivity contribution in [2.75, 3.05) is 5.32 Å². The van der Waals surface area contributed by atoms with E-state index in [9.17, 15) is 14.4 Å². The summed E-state index contributed by atoms with van der Waals surface area (Å²) < 4.78 is 15.6. The molecule has 0 aliphatic carbocycles. The average Bonchev–Trinajstić information content (AvgIpc) is 3.11. The highest BCUT2D eigenvalue weighted by Crippen LogP contribution is 2.33.